The van der Waals surface area contributed by atoms with Gasteiger partial charge in [-0.25, -0.2) is 0 Å². The predicted molar refractivity (Wildman–Crippen MR) is 121 cm³/mol. The molecule has 1 aliphatic heterocycles. The highest BCUT2D eigenvalue weighted by molar-refractivity contribution is 9.10. The summed E-state index contributed by atoms with van der Waals surface area (Å²) in [5, 5.41) is 0.805. The SMILES string of the molecule is CCCCC(=O)N1CCC(C2c3ccc(Cl)cc3CCc3cc(Br)cnc32)CC1. The Kier molecular flexibility index (Phi) is 6.60. The summed E-state index contributed by atoms with van der Waals surface area (Å²) in [6.45, 7) is 3.86. The number of hydrogen-bond acceptors (Lipinski definition) is 2. The summed E-state index contributed by atoms with van der Waals surface area (Å²) in [4.78, 5) is 19.4. The quantitative estimate of drug-likeness (QED) is 0.531. The average molecular weight is 476 g/mol. The zero-order chi connectivity index (χ0) is 20.4. The van der Waals surface area contributed by atoms with E-state index in [0.717, 1.165) is 61.1 Å². The van der Waals surface area contributed by atoms with Crippen LogP contribution in [-0.4, -0.2) is 28.9 Å². The fourth-order valence-corrected chi connectivity index (χ4v) is 5.50. The van der Waals surface area contributed by atoms with Crippen molar-refractivity contribution < 1.29 is 4.79 Å². The van der Waals surface area contributed by atoms with Gasteiger partial charge in [-0.3, -0.25) is 9.78 Å². The van der Waals surface area contributed by atoms with Crippen molar-refractivity contribution in [3.8, 4) is 0 Å². The number of rotatable bonds is 4. The van der Waals surface area contributed by atoms with Crippen molar-refractivity contribution in [3.05, 3.63) is 62.3 Å². The van der Waals surface area contributed by atoms with E-state index in [4.69, 9.17) is 16.6 Å². The van der Waals surface area contributed by atoms with Crippen LogP contribution in [0.5, 0.6) is 0 Å². The maximum atomic E-state index is 12.5. The third kappa shape index (κ3) is 4.54. The second-order valence-corrected chi connectivity index (χ2v) is 9.69. The number of likely N-dealkylation sites (tertiary alicyclic amines) is 1. The van der Waals surface area contributed by atoms with Crippen LogP contribution in [0.1, 0.15) is 67.3 Å². The Morgan fingerprint density at radius 2 is 1.97 bits per heavy atom. The first-order valence-electron chi connectivity index (χ1n) is 10.8. The predicted octanol–water partition coefficient (Wildman–Crippen LogP) is 6.16. The summed E-state index contributed by atoms with van der Waals surface area (Å²) >= 11 is 9.92. The normalized spacial score (nSPS) is 19.4. The van der Waals surface area contributed by atoms with Gasteiger partial charge in [-0.2, -0.15) is 0 Å². The molecule has 2 heterocycles. The van der Waals surface area contributed by atoms with E-state index in [0.29, 0.717) is 18.2 Å². The summed E-state index contributed by atoms with van der Waals surface area (Å²) in [6.07, 6.45) is 8.71. The molecule has 1 atom stereocenters. The fraction of sp³-hybridized carbons (Fsp3) is 0.500. The van der Waals surface area contributed by atoms with E-state index >= 15 is 0 Å². The van der Waals surface area contributed by atoms with Gasteiger partial charge in [0.2, 0.25) is 5.91 Å². The second kappa shape index (κ2) is 9.18. The fourth-order valence-electron chi connectivity index (χ4n) is 4.93. The zero-order valence-corrected chi connectivity index (χ0v) is 19.3. The molecule has 0 saturated carbocycles. The smallest absolute Gasteiger partial charge is 0.222 e. The number of carbonyl (C=O) groups excluding carboxylic acids is 1. The van der Waals surface area contributed by atoms with Gasteiger partial charge in [0.1, 0.15) is 0 Å². The lowest BCUT2D eigenvalue weighted by atomic mass is 9.76. The Balaban J connectivity index is 1.62. The molecule has 5 heteroatoms. The molecule has 1 amide bonds. The Morgan fingerprint density at radius 3 is 2.72 bits per heavy atom. The summed E-state index contributed by atoms with van der Waals surface area (Å²) in [5.41, 5.74) is 5.26. The molecular formula is C24H28BrClN2O. The monoisotopic (exact) mass is 474 g/mol. The van der Waals surface area contributed by atoms with Gasteiger partial charge in [0, 0.05) is 41.1 Å². The first-order chi connectivity index (χ1) is 14.1. The molecule has 2 aromatic rings. The van der Waals surface area contributed by atoms with Crippen LogP contribution >= 0.6 is 27.5 Å². The first kappa shape index (κ1) is 20.9. The summed E-state index contributed by atoms with van der Waals surface area (Å²) in [7, 11) is 0. The van der Waals surface area contributed by atoms with E-state index in [1.165, 1.54) is 22.4 Å². The van der Waals surface area contributed by atoms with Crippen molar-refractivity contribution in [2.24, 2.45) is 5.92 Å². The van der Waals surface area contributed by atoms with E-state index in [1.54, 1.807) is 0 Å². The Bertz CT molecular complexity index is 839. The van der Waals surface area contributed by atoms with Crippen LogP contribution in [0.2, 0.25) is 5.02 Å². The van der Waals surface area contributed by atoms with Crippen molar-refractivity contribution >= 4 is 33.4 Å². The number of aryl methyl sites for hydroxylation is 2. The highest BCUT2D eigenvalue weighted by Gasteiger charge is 2.34. The van der Waals surface area contributed by atoms with Crippen molar-refractivity contribution in [1.29, 1.82) is 0 Å². The van der Waals surface area contributed by atoms with E-state index in [9.17, 15) is 4.79 Å². The molecule has 3 nitrogen and oxygen atoms in total. The van der Waals surface area contributed by atoms with Gasteiger partial charge in [0.05, 0.1) is 5.69 Å². The minimum absolute atomic E-state index is 0.278. The van der Waals surface area contributed by atoms with Gasteiger partial charge in [-0.15, -0.1) is 0 Å². The molecule has 4 rings (SSSR count). The molecule has 1 aliphatic carbocycles. The van der Waals surface area contributed by atoms with Crippen molar-refractivity contribution in [2.75, 3.05) is 13.1 Å². The third-order valence-electron chi connectivity index (χ3n) is 6.47. The largest absolute Gasteiger partial charge is 0.343 e. The zero-order valence-electron chi connectivity index (χ0n) is 17.0. The molecule has 1 saturated heterocycles. The summed E-state index contributed by atoms with van der Waals surface area (Å²) < 4.78 is 1.04. The molecule has 154 valence electrons. The number of halogens is 2. The van der Waals surface area contributed by atoms with E-state index in [-0.39, 0.29) is 5.92 Å². The van der Waals surface area contributed by atoms with Crippen LogP contribution in [0, 0.1) is 5.92 Å². The Hall–Kier alpha value is -1.39. The lowest BCUT2D eigenvalue weighted by Crippen LogP contribution is -2.40. The van der Waals surface area contributed by atoms with E-state index < -0.39 is 0 Å². The lowest BCUT2D eigenvalue weighted by Gasteiger charge is -2.37. The van der Waals surface area contributed by atoms with E-state index in [1.807, 2.05) is 12.3 Å². The molecule has 0 bridgehead atoms. The average Bonchev–Trinajstić information content (AvgIpc) is 2.88. The molecule has 1 unspecified atom stereocenters. The van der Waals surface area contributed by atoms with Crippen molar-refractivity contribution in [2.45, 2.75) is 57.8 Å². The lowest BCUT2D eigenvalue weighted by molar-refractivity contribution is -0.132. The summed E-state index contributed by atoms with van der Waals surface area (Å²) in [6, 6.07) is 8.58. The number of piperidine rings is 1. The topological polar surface area (TPSA) is 33.2 Å². The Morgan fingerprint density at radius 1 is 1.21 bits per heavy atom. The molecule has 0 N–H and O–H groups in total. The maximum absolute atomic E-state index is 12.5. The number of unbranched alkanes of at least 4 members (excludes halogenated alkanes) is 1. The number of fused-ring (bicyclic) bond motifs is 2. The number of benzene rings is 1. The van der Waals surface area contributed by atoms with Crippen LogP contribution in [0.4, 0.5) is 0 Å². The molecule has 1 aromatic carbocycles. The van der Waals surface area contributed by atoms with Gasteiger partial charge in [-0.1, -0.05) is 31.0 Å². The number of aromatic nitrogens is 1. The van der Waals surface area contributed by atoms with Crippen LogP contribution in [-0.2, 0) is 17.6 Å². The van der Waals surface area contributed by atoms with Gasteiger partial charge in [0.15, 0.2) is 0 Å². The number of hydrogen-bond donors (Lipinski definition) is 0. The third-order valence-corrected chi connectivity index (χ3v) is 7.14. The van der Waals surface area contributed by atoms with Gasteiger partial charge < -0.3 is 4.90 Å². The number of carbonyl (C=O) groups is 1. The number of pyridine rings is 1. The van der Waals surface area contributed by atoms with Crippen LogP contribution < -0.4 is 0 Å². The number of amides is 1. The maximum Gasteiger partial charge on any atom is 0.222 e. The molecule has 1 fully saturated rings. The highest BCUT2D eigenvalue weighted by atomic mass is 79.9. The minimum atomic E-state index is 0.278. The molecular weight excluding hydrogens is 448 g/mol. The standard InChI is InChI=1S/C24H28BrClN2O/c1-2-3-4-22(29)28-11-9-16(10-12-28)23-21-8-7-20(26)14-17(21)5-6-18-13-19(25)15-27-24(18)23/h7-8,13-16,23H,2-6,9-12H2,1H3. The van der Waals surface area contributed by atoms with Crippen LogP contribution in [0.15, 0.2) is 34.9 Å². The number of nitrogens with zero attached hydrogens (tertiary/aromatic N) is 2. The van der Waals surface area contributed by atoms with Gasteiger partial charge in [-0.05, 0) is 88.8 Å². The minimum Gasteiger partial charge on any atom is -0.343 e. The highest BCUT2D eigenvalue weighted by Crippen LogP contribution is 2.43. The van der Waals surface area contributed by atoms with Crippen molar-refractivity contribution in [3.63, 3.8) is 0 Å². The van der Waals surface area contributed by atoms with Crippen LogP contribution in [0.25, 0.3) is 0 Å². The second-order valence-electron chi connectivity index (χ2n) is 8.34. The van der Waals surface area contributed by atoms with Gasteiger partial charge >= 0.3 is 0 Å². The molecule has 0 spiro atoms. The van der Waals surface area contributed by atoms with Gasteiger partial charge in [0.25, 0.3) is 0 Å². The molecule has 29 heavy (non-hydrogen) atoms. The first-order valence-corrected chi connectivity index (χ1v) is 11.9. The molecule has 1 aromatic heterocycles. The van der Waals surface area contributed by atoms with Crippen LogP contribution in [0.3, 0.4) is 0 Å². The molecule has 2 aliphatic rings. The molecule has 0 radical (unpaired) electrons. The van der Waals surface area contributed by atoms with E-state index in [2.05, 4.69) is 46.0 Å². The Labute approximate surface area is 187 Å². The summed E-state index contributed by atoms with van der Waals surface area (Å²) in [5.74, 6) is 1.09. The van der Waals surface area contributed by atoms with Crippen molar-refractivity contribution in [1.82, 2.24) is 9.88 Å².